The highest BCUT2D eigenvalue weighted by atomic mass is 79.9. The van der Waals surface area contributed by atoms with Gasteiger partial charge in [0.1, 0.15) is 5.82 Å². The zero-order valence-corrected chi connectivity index (χ0v) is 12.3. The van der Waals surface area contributed by atoms with E-state index >= 15 is 0 Å². The number of hydrogen-bond acceptors (Lipinski definition) is 2. The standard InChI is InChI=1S/C14H14BrFN2O/c1-7(2)10-6-18-13(12(10)16)17-11-5-8(15)3-4-9(11)14(18)19/h3-5,7,10,12H,6H2,1-2H3. The van der Waals surface area contributed by atoms with E-state index in [2.05, 4.69) is 20.9 Å². The number of hydrogen-bond donors (Lipinski definition) is 0. The fourth-order valence-corrected chi connectivity index (χ4v) is 2.99. The van der Waals surface area contributed by atoms with Crippen LogP contribution in [0.15, 0.2) is 27.5 Å². The van der Waals surface area contributed by atoms with Crippen LogP contribution in [0.2, 0.25) is 0 Å². The summed E-state index contributed by atoms with van der Waals surface area (Å²) < 4.78 is 16.7. The molecule has 3 nitrogen and oxygen atoms in total. The number of aromatic nitrogens is 2. The van der Waals surface area contributed by atoms with Gasteiger partial charge in [-0.1, -0.05) is 29.8 Å². The van der Waals surface area contributed by atoms with E-state index in [0.717, 1.165) is 4.47 Å². The number of benzene rings is 1. The van der Waals surface area contributed by atoms with Crippen LogP contribution in [0.4, 0.5) is 4.39 Å². The van der Waals surface area contributed by atoms with Crippen molar-refractivity contribution in [2.75, 3.05) is 0 Å². The van der Waals surface area contributed by atoms with Crippen molar-refractivity contribution in [1.29, 1.82) is 0 Å². The van der Waals surface area contributed by atoms with Gasteiger partial charge in [-0.25, -0.2) is 9.37 Å². The number of fused-ring (bicyclic) bond motifs is 2. The number of alkyl halides is 1. The molecule has 2 atom stereocenters. The van der Waals surface area contributed by atoms with Crippen LogP contribution >= 0.6 is 15.9 Å². The second-order valence-corrected chi connectivity index (χ2v) is 6.27. The van der Waals surface area contributed by atoms with Gasteiger partial charge in [0.15, 0.2) is 6.17 Å². The Bertz CT molecular complexity index is 710. The Kier molecular flexibility index (Phi) is 2.96. The van der Waals surface area contributed by atoms with Gasteiger partial charge in [-0.2, -0.15) is 0 Å². The van der Waals surface area contributed by atoms with Crippen molar-refractivity contribution < 1.29 is 4.39 Å². The zero-order valence-electron chi connectivity index (χ0n) is 10.7. The molecule has 0 N–H and O–H groups in total. The Morgan fingerprint density at radius 3 is 2.89 bits per heavy atom. The van der Waals surface area contributed by atoms with Gasteiger partial charge < -0.3 is 0 Å². The van der Waals surface area contributed by atoms with E-state index in [0.29, 0.717) is 17.4 Å². The molecule has 1 aliphatic heterocycles. The van der Waals surface area contributed by atoms with Crippen LogP contribution < -0.4 is 5.56 Å². The van der Waals surface area contributed by atoms with Crippen LogP contribution in [0.25, 0.3) is 10.9 Å². The Balaban J connectivity index is 2.26. The van der Waals surface area contributed by atoms with E-state index in [1.54, 1.807) is 18.2 Å². The highest BCUT2D eigenvalue weighted by molar-refractivity contribution is 9.10. The maximum Gasteiger partial charge on any atom is 0.261 e. The van der Waals surface area contributed by atoms with Crippen LogP contribution in [0.3, 0.4) is 0 Å². The van der Waals surface area contributed by atoms with Crippen molar-refractivity contribution in [2.45, 2.75) is 26.6 Å². The molecule has 5 heteroatoms. The molecule has 0 spiro atoms. The van der Waals surface area contributed by atoms with Gasteiger partial charge in [0.05, 0.1) is 10.9 Å². The van der Waals surface area contributed by atoms with Gasteiger partial charge in [-0.3, -0.25) is 9.36 Å². The lowest BCUT2D eigenvalue weighted by atomic mass is 9.93. The summed E-state index contributed by atoms with van der Waals surface area (Å²) in [6.45, 7) is 4.38. The third-order valence-corrected chi connectivity index (χ3v) is 4.31. The van der Waals surface area contributed by atoms with Crippen LogP contribution in [0, 0.1) is 11.8 Å². The third-order valence-electron chi connectivity index (χ3n) is 3.82. The molecule has 0 radical (unpaired) electrons. The summed E-state index contributed by atoms with van der Waals surface area (Å²) in [5.74, 6) is 0.292. The molecule has 1 aliphatic rings. The summed E-state index contributed by atoms with van der Waals surface area (Å²) in [6.07, 6.45) is -1.16. The van der Waals surface area contributed by atoms with E-state index in [4.69, 9.17) is 0 Å². The summed E-state index contributed by atoms with van der Waals surface area (Å²) >= 11 is 3.35. The van der Waals surface area contributed by atoms with Gasteiger partial charge >= 0.3 is 0 Å². The molecule has 0 amide bonds. The van der Waals surface area contributed by atoms with E-state index in [9.17, 15) is 9.18 Å². The minimum Gasteiger partial charge on any atom is -0.293 e. The van der Waals surface area contributed by atoms with Crippen LogP contribution in [-0.2, 0) is 6.54 Å². The van der Waals surface area contributed by atoms with Gasteiger partial charge in [0.2, 0.25) is 0 Å². The van der Waals surface area contributed by atoms with Crippen molar-refractivity contribution in [3.05, 3.63) is 38.9 Å². The molecule has 2 aromatic rings. The molecule has 0 fully saturated rings. The van der Waals surface area contributed by atoms with Gasteiger partial charge in [0, 0.05) is 16.9 Å². The highest BCUT2D eigenvalue weighted by Gasteiger charge is 2.37. The first-order chi connectivity index (χ1) is 8.99. The average molecular weight is 325 g/mol. The van der Waals surface area contributed by atoms with Gasteiger partial charge in [-0.05, 0) is 24.1 Å². The molecule has 0 bridgehead atoms. The van der Waals surface area contributed by atoms with Crippen molar-refractivity contribution in [3.63, 3.8) is 0 Å². The number of rotatable bonds is 1. The number of nitrogens with zero attached hydrogens (tertiary/aromatic N) is 2. The Labute approximate surface area is 118 Å². The van der Waals surface area contributed by atoms with E-state index in [-0.39, 0.29) is 23.2 Å². The summed E-state index contributed by atoms with van der Waals surface area (Å²) in [5.41, 5.74) is 0.413. The van der Waals surface area contributed by atoms with Crippen LogP contribution in [0.1, 0.15) is 25.8 Å². The van der Waals surface area contributed by atoms with E-state index in [1.165, 1.54) is 4.57 Å². The lowest BCUT2D eigenvalue weighted by molar-refractivity contribution is 0.197. The van der Waals surface area contributed by atoms with Gasteiger partial charge in [0.25, 0.3) is 5.56 Å². The molecular weight excluding hydrogens is 311 g/mol. The normalized spacial score (nSPS) is 22.2. The molecule has 0 saturated carbocycles. The molecule has 100 valence electrons. The lowest BCUT2D eigenvalue weighted by Crippen LogP contribution is -2.22. The Hall–Kier alpha value is -1.23. The second-order valence-electron chi connectivity index (χ2n) is 5.36. The first-order valence-corrected chi connectivity index (χ1v) is 7.12. The molecular formula is C14H14BrFN2O. The second kappa shape index (κ2) is 4.40. The smallest absolute Gasteiger partial charge is 0.261 e. The number of halogens is 2. The highest BCUT2D eigenvalue weighted by Crippen LogP contribution is 2.37. The predicted molar refractivity (Wildman–Crippen MR) is 75.9 cm³/mol. The fraction of sp³-hybridized carbons (Fsp3) is 0.429. The molecule has 1 aromatic heterocycles. The lowest BCUT2D eigenvalue weighted by Gasteiger charge is -2.14. The van der Waals surface area contributed by atoms with Gasteiger partial charge in [-0.15, -0.1) is 0 Å². The third kappa shape index (κ3) is 1.91. The molecule has 1 aromatic carbocycles. The van der Waals surface area contributed by atoms with Crippen molar-refractivity contribution >= 4 is 26.8 Å². The molecule has 2 unspecified atom stereocenters. The zero-order chi connectivity index (χ0) is 13.7. The molecule has 3 rings (SSSR count). The van der Waals surface area contributed by atoms with Crippen LogP contribution in [0.5, 0.6) is 0 Å². The predicted octanol–water partition coefficient (Wildman–Crippen LogP) is 3.46. The first kappa shape index (κ1) is 12.8. The monoisotopic (exact) mass is 324 g/mol. The van der Waals surface area contributed by atoms with Crippen LogP contribution in [-0.4, -0.2) is 9.55 Å². The molecule has 0 aliphatic carbocycles. The van der Waals surface area contributed by atoms with E-state index < -0.39 is 6.17 Å². The quantitative estimate of drug-likeness (QED) is 0.805. The maximum absolute atomic E-state index is 14.4. The minimum atomic E-state index is -1.16. The SMILES string of the molecule is CC(C)C1Cn2c(nc3cc(Br)ccc3c2=O)C1F. The first-order valence-electron chi connectivity index (χ1n) is 6.33. The summed E-state index contributed by atoms with van der Waals surface area (Å²) in [7, 11) is 0. The van der Waals surface area contributed by atoms with E-state index in [1.807, 2.05) is 13.8 Å². The average Bonchev–Trinajstić information content (AvgIpc) is 2.67. The largest absolute Gasteiger partial charge is 0.293 e. The molecule has 0 saturated heterocycles. The topological polar surface area (TPSA) is 34.9 Å². The minimum absolute atomic E-state index is 0.140. The molecule has 2 heterocycles. The van der Waals surface area contributed by atoms with Crippen molar-refractivity contribution in [3.8, 4) is 0 Å². The maximum atomic E-state index is 14.4. The fourth-order valence-electron chi connectivity index (χ4n) is 2.64. The summed E-state index contributed by atoms with van der Waals surface area (Å²) in [5, 5.41) is 0.545. The Morgan fingerprint density at radius 2 is 2.21 bits per heavy atom. The van der Waals surface area contributed by atoms with Crippen molar-refractivity contribution in [2.24, 2.45) is 11.8 Å². The molecule has 19 heavy (non-hydrogen) atoms. The van der Waals surface area contributed by atoms with Crippen molar-refractivity contribution in [1.82, 2.24) is 9.55 Å². The summed E-state index contributed by atoms with van der Waals surface area (Å²) in [6, 6.07) is 5.30. The summed E-state index contributed by atoms with van der Waals surface area (Å²) in [4.78, 5) is 16.7. The Morgan fingerprint density at radius 1 is 1.47 bits per heavy atom.